The summed E-state index contributed by atoms with van der Waals surface area (Å²) in [5.74, 6) is -26.4. The number of carbonyl (C=O) groups is 5. The number of hydrogen-bond donors (Lipinski definition) is 2. The van der Waals surface area contributed by atoms with Crippen molar-refractivity contribution in [2.24, 2.45) is 17.8 Å². The minimum Gasteiger partial charge on any atom is -0.505 e. The minimum absolute atomic E-state index is 0.0688. The molecule has 6 rings (SSSR count). The molecule has 0 radical (unpaired) electrons. The van der Waals surface area contributed by atoms with Crippen molar-refractivity contribution in [3.63, 3.8) is 0 Å². The van der Waals surface area contributed by atoms with E-state index < -0.39 is 129 Å². The second-order valence-electron chi connectivity index (χ2n) is 11.4. The predicted octanol–water partition coefficient (Wildman–Crippen LogP) is 4.26. The highest BCUT2D eigenvalue weighted by molar-refractivity contribution is 6.58. The fraction of sp³-hybridized carbons (Fsp3) is 0.345. The minimum atomic E-state index is -2.85. The van der Waals surface area contributed by atoms with Crippen molar-refractivity contribution in [1.29, 1.82) is 0 Å². The van der Waals surface area contributed by atoms with Crippen molar-refractivity contribution >= 4 is 58.5 Å². The van der Waals surface area contributed by atoms with Gasteiger partial charge in [-0.05, 0) is 36.5 Å². The summed E-state index contributed by atoms with van der Waals surface area (Å²) in [6.07, 6.45) is -0.143. The van der Waals surface area contributed by atoms with E-state index in [0.29, 0.717) is 0 Å². The highest BCUT2D eigenvalue weighted by Gasteiger charge is 2.77. The number of carboxylic acids is 1. The Hall–Kier alpha value is -4.11. The molecule has 4 amide bonds. The van der Waals surface area contributed by atoms with E-state index in [0.717, 1.165) is 23.1 Å². The number of anilines is 1. The van der Waals surface area contributed by atoms with Gasteiger partial charge in [0.05, 0.1) is 18.3 Å². The van der Waals surface area contributed by atoms with Crippen LogP contribution < -0.4 is 4.90 Å². The number of alkyl halides is 2. The number of imide groups is 2. The summed E-state index contributed by atoms with van der Waals surface area (Å²) in [7, 11) is 0. The molecular weight excluding hydrogens is 673 g/mol. The maximum Gasteiger partial charge on any atom is 0.305 e. The van der Waals surface area contributed by atoms with Gasteiger partial charge in [0, 0.05) is 12.5 Å². The van der Waals surface area contributed by atoms with Crippen LogP contribution in [0.5, 0.6) is 5.75 Å². The Labute approximate surface area is 263 Å². The van der Waals surface area contributed by atoms with E-state index in [4.69, 9.17) is 28.3 Å². The van der Waals surface area contributed by atoms with E-state index in [9.17, 15) is 46.6 Å². The SMILES string of the molecule is O=C(O)CCN1C(=O)[C@H]2[C@H](CC=C3[C@H]2C[C@@]2(Cl)C(=O)N(c4c(F)c(F)c(F)c(F)c4F)C(=O)[C@@]2(Cl)[C@H]3c2ccc(O)c(F)c2)C1=O. The maximum absolute atomic E-state index is 15.0. The zero-order valence-electron chi connectivity index (χ0n) is 22.8. The summed E-state index contributed by atoms with van der Waals surface area (Å²) in [6.45, 7) is -0.494. The molecule has 2 saturated heterocycles. The number of aliphatic carboxylic acids is 1. The molecule has 0 aromatic heterocycles. The molecule has 242 valence electrons. The number of aromatic hydroxyl groups is 1. The first kappa shape index (κ1) is 31.9. The first-order valence-electron chi connectivity index (χ1n) is 13.5. The molecule has 0 spiro atoms. The van der Waals surface area contributed by atoms with E-state index in [-0.39, 0.29) is 22.5 Å². The monoisotopic (exact) mass is 690 g/mol. The van der Waals surface area contributed by atoms with E-state index in [1.807, 2.05) is 0 Å². The molecule has 2 aliphatic heterocycles. The lowest BCUT2D eigenvalue weighted by Crippen LogP contribution is -2.60. The Morgan fingerprint density at radius 2 is 1.50 bits per heavy atom. The quantitative estimate of drug-likeness (QED) is 0.120. The summed E-state index contributed by atoms with van der Waals surface area (Å²) < 4.78 is 87.1. The first-order valence-corrected chi connectivity index (χ1v) is 14.3. The van der Waals surface area contributed by atoms with Crippen LogP contribution in [0.2, 0.25) is 0 Å². The number of allylic oxidation sites excluding steroid dienone is 2. The van der Waals surface area contributed by atoms with Gasteiger partial charge in [-0.15, -0.1) is 23.2 Å². The number of carbonyl (C=O) groups excluding carboxylic acids is 4. The lowest BCUT2D eigenvalue weighted by atomic mass is 9.56. The van der Waals surface area contributed by atoms with Gasteiger partial charge in [0.25, 0.3) is 11.8 Å². The van der Waals surface area contributed by atoms with Crippen LogP contribution in [0.1, 0.15) is 30.7 Å². The van der Waals surface area contributed by atoms with Gasteiger partial charge in [0.15, 0.2) is 44.6 Å². The Morgan fingerprint density at radius 3 is 2.09 bits per heavy atom. The number of carboxylic acid groups (broad SMARTS) is 1. The molecule has 2 N–H and O–H groups in total. The molecule has 3 fully saturated rings. The van der Waals surface area contributed by atoms with Crippen LogP contribution in [0.15, 0.2) is 29.8 Å². The Morgan fingerprint density at radius 1 is 0.891 bits per heavy atom. The summed E-state index contributed by atoms with van der Waals surface area (Å²) in [4.78, 5) is 60.8. The number of hydrogen-bond acceptors (Lipinski definition) is 6. The van der Waals surface area contributed by atoms with Crippen LogP contribution in [0.25, 0.3) is 0 Å². The topological polar surface area (TPSA) is 132 Å². The second kappa shape index (κ2) is 10.5. The number of likely N-dealkylation sites (tertiary alicyclic amines) is 1. The normalized spacial score (nSPS) is 30.4. The van der Waals surface area contributed by atoms with Gasteiger partial charge in [-0.1, -0.05) is 17.7 Å². The fourth-order valence-electron chi connectivity index (χ4n) is 7.14. The molecule has 17 heteroatoms. The standard InChI is InChI=1S/C29H18Cl2F6N2O7/c30-28-8-12-10(2-3-11-16(12)25(44)38(24(11)43)6-5-15(41)42)17(9-1-4-14(40)13(32)7-9)29(28,31)27(46)39(26(28)45)23-21(36)19(34)18(33)20(35)22(23)37/h1-2,4,7,11-12,16-17,40H,3,5-6,8H2,(H,41,42)/t11-,12+,16-,17-,28+,29-/m0/s1. The third-order valence-corrected chi connectivity index (χ3v) is 10.6. The van der Waals surface area contributed by atoms with Crippen LogP contribution >= 0.6 is 23.2 Å². The lowest BCUT2D eigenvalue weighted by Gasteiger charge is -2.50. The zero-order chi connectivity index (χ0) is 33.8. The van der Waals surface area contributed by atoms with Crippen LogP contribution in [0.3, 0.4) is 0 Å². The molecule has 2 aromatic rings. The first-order chi connectivity index (χ1) is 21.5. The molecule has 9 nitrogen and oxygen atoms in total. The highest BCUT2D eigenvalue weighted by Crippen LogP contribution is 2.66. The van der Waals surface area contributed by atoms with Gasteiger partial charge in [0.2, 0.25) is 17.6 Å². The van der Waals surface area contributed by atoms with Crippen molar-refractivity contribution in [1.82, 2.24) is 4.90 Å². The van der Waals surface area contributed by atoms with Crippen LogP contribution in [-0.2, 0) is 24.0 Å². The van der Waals surface area contributed by atoms with Crippen molar-refractivity contribution in [3.8, 4) is 5.75 Å². The van der Waals surface area contributed by atoms with Crippen LogP contribution in [0.4, 0.5) is 32.0 Å². The number of phenols is 1. The highest BCUT2D eigenvalue weighted by atomic mass is 35.5. The number of halogens is 8. The molecule has 6 atom stereocenters. The largest absolute Gasteiger partial charge is 0.505 e. The molecule has 2 aliphatic carbocycles. The molecule has 0 bridgehead atoms. The zero-order valence-corrected chi connectivity index (χ0v) is 24.3. The number of fused-ring (bicyclic) bond motifs is 4. The molecule has 1 saturated carbocycles. The average molecular weight is 691 g/mol. The third-order valence-electron chi connectivity index (χ3n) is 9.17. The fourth-order valence-corrected chi connectivity index (χ4v) is 8.07. The van der Waals surface area contributed by atoms with E-state index >= 15 is 8.78 Å². The van der Waals surface area contributed by atoms with Gasteiger partial charge in [-0.2, -0.15) is 0 Å². The van der Waals surface area contributed by atoms with E-state index in [1.54, 1.807) is 0 Å². The number of amides is 4. The Kier molecular flexibility index (Phi) is 7.24. The Balaban J connectivity index is 1.56. The second-order valence-corrected chi connectivity index (χ2v) is 12.6. The summed E-state index contributed by atoms with van der Waals surface area (Å²) in [6, 6.07) is 2.66. The predicted molar refractivity (Wildman–Crippen MR) is 143 cm³/mol. The van der Waals surface area contributed by atoms with Crippen molar-refractivity contribution in [3.05, 3.63) is 70.3 Å². The number of phenolic OH excluding ortho intramolecular Hbond substituents is 1. The average Bonchev–Trinajstić information content (AvgIpc) is 3.33. The van der Waals surface area contributed by atoms with Crippen molar-refractivity contribution < 1.29 is 60.5 Å². The smallest absolute Gasteiger partial charge is 0.305 e. The molecule has 2 aromatic carbocycles. The van der Waals surface area contributed by atoms with Gasteiger partial charge in [-0.3, -0.25) is 28.9 Å². The van der Waals surface area contributed by atoms with Crippen LogP contribution in [-0.4, -0.2) is 61.0 Å². The van der Waals surface area contributed by atoms with E-state index in [2.05, 4.69) is 0 Å². The summed E-state index contributed by atoms with van der Waals surface area (Å²) in [5, 5.41) is 18.9. The van der Waals surface area contributed by atoms with Gasteiger partial charge >= 0.3 is 5.97 Å². The summed E-state index contributed by atoms with van der Waals surface area (Å²) in [5.41, 5.74) is -2.12. The number of benzene rings is 2. The van der Waals surface area contributed by atoms with E-state index in [1.165, 1.54) is 6.08 Å². The van der Waals surface area contributed by atoms with Gasteiger partial charge in [-0.25, -0.2) is 31.2 Å². The molecule has 2 heterocycles. The molecule has 0 unspecified atom stereocenters. The van der Waals surface area contributed by atoms with Crippen molar-refractivity contribution in [2.45, 2.75) is 34.9 Å². The lowest BCUT2D eigenvalue weighted by molar-refractivity contribution is -0.142. The molecular formula is C29H18Cl2F6N2O7. The van der Waals surface area contributed by atoms with Gasteiger partial charge < -0.3 is 10.2 Å². The van der Waals surface area contributed by atoms with Crippen molar-refractivity contribution in [2.75, 3.05) is 11.4 Å². The molecule has 4 aliphatic rings. The molecule has 46 heavy (non-hydrogen) atoms. The Bertz CT molecular complexity index is 1810. The third kappa shape index (κ3) is 3.99. The number of rotatable bonds is 5. The van der Waals surface area contributed by atoms with Crippen LogP contribution in [0, 0.1) is 52.7 Å². The number of nitrogens with zero attached hydrogens (tertiary/aromatic N) is 2. The maximum atomic E-state index is 15.0. The van der Waals surface area contributed by atoms with Gasteiger partial charge in [0.1, 0.15) is 5.69 Å². The summed E-state index contributed by atoms with van der Waals surface area (Å²) >= 11 is 13.8.